The van der Waals surface area contributed by atoms with Crippen LogP contribution in [0.1, 0.15) is 46.5 Å². The maximum atomic E-state index is 5.42. The molecule has 3 heterocycles. The van der Waals surface area contributed by atoms with Crippen molar-refractivity contribution in [2.45, 2.75) is 46.5 Å². The Hall–Kier alpha value is -1.63. The highest BCUT2D eigenvalue weighted by Crippen LogP contribution is 2.27. The summed E-state index contributed by atoms with van der Waals surface area (Å²) in [7, 11) is 0. The van der Waals surface area contributed by atoms with E-state index in [1.165, 1.54) is 25.7 Å². The maximum absolute atomic E-state index is 5.42. The van der Waals surface area contributed by atoms with Crippen LogP contribution in [0.25, 0.3) is 0 Å². The third-order valence-corrected chi connectivity index (χ3v) is 5.25. The van der Waals surface area contributed by atoms with E-state index in [9.17, 15) is 0 Å². The van der Waals surface area contributed by atoms with Gasteiger partial charge in [-0.15, -0.1) is 0 Å². The van der Waals surface area contributed by atoms with Crippen molar-refractivity contribution >= 4 is 34.9 Å². The molecule has 2 fully saturated rings. The lowest BCUT2D eigenvalue weighted by Crippen LogP contribution is -2.36. The second-order valence-electron chi connectivity index (χ2n) is 8.02. The third-order valence-electron chi connectivity index (χ3n) is 5.01. The lowest BCUT2D eigenvalue weighted by atomic mass is 10.0. The van der Waals surface area contributed by atoms with Gasteiger partial charge in [-0.2, -0.15) is 9.97 Å². The van der Waals surface area contributed by atoms with Crippen molar-refractivity contribution in [3.8, 4) is 0 Å². The van der Waals surface area contributed by atoms with Crippen LogP contribution < -0.4 is 20.4 Å². The molecule has 26 heavy (non-hydrogen) atoms. The van der Waals surface area contributed by atoms with Crippen molar-refractivity contribution in [2.24, 2.45) is 11.8 Å². The summed E-state index contributed by atoms with van der Waals surface area (Å²) >= 11 is 5.42. The SMILES string of the molecule is CC(C)CNC(=S)Nc1nc(N2CCCC2)cc(N2CCC[C@@H](C)C2)n1. The number of aromatic nitrogens is 2. The van der Waals surface area contributed by atoms with Gasteiger partial charge in [-0.1, -0.05) is 20.8 Å². The van der Waals surface area contributed by atoms with Crippen molar-refractivity contribution in [1.82, 2.24) is 15.3 Å². The summed E-state index contributed by atoms with van der Waals surface area (Å²) in [6, 6.07) is 2.15. The summed E-state index contributed by atoms with van der Waals surface area (Å²) in [5.41, 5.74) is 0. The highest BCUT2D eigenvalue weighted by Gasteiger charge is 2.21. The number of thiocarbonyl (C=S) groups is 1. The Morgan fingerprint density at radius 3 is 2.46 bits per heavy atom. The van der Waals surface area contributed by atoms with Gasteiger partial charge < -0.3 is 20.4 Å². The minimum atomic E-state index is 0.539. The average Bonchev–Trinajstić information content (AvgIpc) is 3.14. The minimum Gasteiger partial charge on any atom is -0.362 e. The molecular formula is C19H32N6S. The molecule has 0 amide bonds. The van der Waals surface area contributed by atoms with Crippen LogP contribution in [0.5, 0.6) is 0 Å². The summed E-state index contributed by atoms with van der Waals surface area (Å²) in [6.07, 6.45) is 4.99. The zero-order valence-electron chi connectivity index (χ0n) is 16.3. The average molecular weight is 377 g/mol. The Morgan fingerprint density at radius 1 is 1.15 bits per heavy atom. The molecule has 0 spiro atoms. The van der Waals surface area contributed by atoms with Gasteiger partial charge in [-0.05, 0) is 49.7 Å². The fourth-order valence-electron chi connectivity index (χ4n) is 3.59. The van der Waals surface area contributed by atoms with Crippen LogP contribution in [0, 0.1) is 11.8 Å². The molecule has 0 aliphatic carbocycles. The number of hydrogen-bond acceptors (Lipinski definition) is 5. The molecule has 1 atom stereocenters. The molecule has 7 heteroatoms. The van der Waals surface area contributed by atoms with E-state index >= 15 is 0 Å². The van der Waals surface area contributed by atoms with Gasteiger partial charge in [-0.25, -0.2) is 0 Å². The molecule has 2 N–H and O–H groups in total. The first kappa shape index (κ1) is 19.1. The highest BCUT2D eigenvalue weighted by atomic mass is 32.1. The first-order valence-electron chi connectivity index (χ1n) is 9.95. The Balaban J connectivity index is 1.79. The van der Waals surface area contributed by atoms with Crippen LogP contribution in [0.15, 0.2) is 6.07 Å². The van der Waals surface area contributed by atoms with Crippen molar-refractivity contribution in [3.63, 3.8) is 0 Å². The molecule has 144 valence electrons. The smallest absolute Gasteiger partial charge is 0.232 e. The van der Waals surface area contributed by atoms with Gasteiger partial charge in [0.25, 0.3) is 0 Å². The van der Waals surface area contributed by atoms with Crippen molar-refractivity contribution in [1.29, 1.82) is 0 Å². The van der Waals surface area contributed by atoms with Gasteiger partial charge >= 0.3 is 0 Å². The number of nitrogens with zero attached hydrogens (tertiary/aromatic N) is 4. The van der Waals surface area contributed by atoms with Crippen molar-refractivity contribution < 1.29 is 0 Å². The lowest BCUT2D eigenvalue weighted by molar-refractivity contribution is 0.444. The van der Waals surface area contributed by atoms with Crippen LogP contribution in [-0.2, 0) is 0 Å². The standard InChI is InChI=1S/C19H32N6S/c1-14(2)12-20-19(26)23-18-21-16(24-8-4-5-9-24)11-17(22-18)25-10-6-7-15(3)13-25/h11,14-15H,4-10,12-13H2,1-3H3,(H2,20,21,22,23,26)/t15-/m1/s1. The fourth-order valence-corrected chi connectivity index (χ4v) is 3.76. The van der Waals surface area contributed by atoms with Gasteiger partial charge in [0.05, 0.1) is 0 Å². The predicted molar refractivity (Wildman–Crippen MR) is 113 cm³/mol. The molecule has 1 aromatic heterocycles. The summed E-state index contributed by atoms with van der Waals surface area (Å²) in [5, 5.41) is 7.03. The van der Waals surface area contributed by atoms with Crippen LogP contribution in [0.4, 0.5) is 17.6 Å². The minimum absolute atomic E-state index is 0.539. The summed E-state index contributed by atoms with van der Waals surface area (Å²) in [5.74, 6) is 3.88. The Kier molecular flexibility index (Phi) is 6.51. The lowest BCUT2D eigenvalue weighted by Gasteiger charge is -2.32. The molecule has 6 nitrogen and oxygen atoms in total. The zero-order chi connectivity index (χ0) is 18.5. The molecule has 2 aliphatic heterocycles. The van der Waals surface area contributed by atoms with Crippen LogP contribution in [0.2, 0.25) is 0 Å². The van der Waals surface area contributed by atoms with Gasteiger partial charge in [-0.3, -0.25) is 0 Å². The molecule has 0 saturated carbocycles. The maximum Gasteiger partial charge on any atom is 0.232 e. The molecule has 1 aromatic rings. The van der Waals surface area contributed by atoms with E-state index in [2.05, 4.69) is 47.3 Å². The Morgan fingerprint density at radius 2 is 1.81 bits per heavy atom. The van der Waals surface area contributed by atoms with E-state index in [0.29, 0.717) is 22.9 Å². The first-order valence-corrected chi connectivity index (χ1v) is 10.4. The molecule has 2 saturated heterocycles. The topological polar surface area (TPSA) is 56.3 Å². The summed E-state index contributed by atoms with van der Waals surface area (Å²) < 4.78 is 0. The summed E-state index contributed by atoms with van der Waals surface area (Å²) in [6.45, 7) is 11.8. The molecular weight excluding hydrogens is 344 g/mol. The number of hydrogen-bond donors (Lipinski definition) is 2. The highest BCUT2D eigenvalue weighted by molar-refractivity contribution is 7.80. The third kappa shape index (κ3) is 5.19. The van der Waals surface area contributed by atoms with E-state index in [1.807, 2.05) is 0 Å². The number of piperidine rings is 1. The monoisotopic (exact) mass is 376 g/mol. The molecule has 2 aliphatic rings. The Bertz CT molecular complexity index is 614. The van der Waals surface area contributed by atoms with Gasteiger partial charge in [0.2, 0.25) is 5.95 Å². The van der Waals surface area contributed by atoms with Gasteiger partial charge in [0.1, 0.15) is 11.6 Å². The van der Waals surface area contributed by atoms with Crippen LogP contribution in [-0.4, -0.2) is 47.8 Å². The second kappa shape index (κ2) is 8.84. The Labute approximate surface area is 162 Å². The van der Waals surface area contributed by atoms with Gasteiger partial charge in [0.15, 0.2) is 5.11 Å². The van der Waals surface area contributed by atoms with Crippen LogP contribution >= 0.6 is 12.2 Å². The zero-order valence-corrected chi connectivity index (χ0v) is 17.1. The first-order chi connectivity index (χ1) is 12.5. The van der Waals surface area contributed by atoms with Crippen molar-refractivity contribution in [3.05, 3.63) is 6.07 Å². The fraction of sp³-hybridized carbons (Fsp3) is 0.737. The van der Waals surface area contributed by atoms with Crippen LogP contribution in [0.3, 0.4) is 0 Å². The van der Waals surface area contributed by atoms with E-state index in [4.69, 9.17) is 22.2 Å². The predicted octanol–water partition coefficient (Wildman–Crippen LogP) is 3.26. The quantitative estimate of drug-likeness (QED) is 0.765. The van der Waals surface area contributed by atoms with E-state index in [0.717, 1.165) is 44.4 Å². The molecule has 0 radical (unpaired) electrons. The number of nitrogens with one attached hydrogen (secondary N) is 2. The largest absolute Gasteiger partial charge is 0.362 e. The molecule has 0 bridgehead atoms. The summed E-state index contributed by atoms with van der Waals surface area (Å²) in [4.78, 5) is 14.3. The molecule has 0 aromatic carbocycles. The number of rotatable bonds is 5. The van der Waals surface area contributed by atoms with E-state index in [1.54, 1.807) is 0 Å². The van der Waals surface area contributed by atoms with E-state index < -0.39 is 0 Å². The van der Waals surface area contributed by atoms with Gasteiger partial charge in [0, 0.05) is 38.8 Å². The normalized spacial score (nSPS) is 20.5. The van der Waals surface area contributed by atoms with E-state index in [-0.39, 0.29) is 0 Å². The van der Waals surface area contributed by atoms with Crippen molar-refractivity contribution in [2.75, 3.05) is 47.8 Å². The molecule has 3 rings (SSSR count). The number of anilines is 3. The second-order valence-corrected chi connectivity index (χ2v) is 8.43. The molecule has 0 unspecified atom stereocenters.